The highest BCUT2D eigenvalue weighted by molar-refractivity contribution is 14.0. The number of hydrogen-bond donors (Lipinski definition) is 2. The number of rotatable bonds is 7. The van der Waals surface area contributed by atoms with Crippen LogP contribution in [0, 0.1) is 5.92 Å². The van der Waals surface area contributed by atoms with E-state index in [1.54, 1.807) is 0 Å². The Kier molecular flexibility index (Phi) is 12.5. The Bertz CT molecular complexity index is 283. The Hall–Kier alpha value is -0.0400. The van der Waals surface area contributed by atoms with Crippen LogP contribution in [0.25, 0.3) is 0 Å². The number of hydrogen-bond acceptors (Lipinski definition) is 2. The number of aliphatic imine (C=N–C) groups is 1. The highest BCUT2D eigenvalue weighted by Crippen LogP contribution is 2.15. The van der Waals surface area contributed by atoms with Gasteiger partial charge in [0.2, 0.25) is 0 Å². The fourth-order valence-corrected chi connectivity index (χ4v) is 2.63. The normalized spacial score (nSPS) is 21.5. The van der Waals surface area contributed by atoms with E-state index in [0.29, 0.717) is 6.04 Å². The lowest BCUT2D eigenvalue weighted by molar-refractivity contribution is 0.183. The van der Waals surface area contributed by atoms with Crippen LogP contribution in [0.3, 0.4) is 0 Å². The molecule has 2 unspecified atom stereocenters. The van der Waals surface area contributed by atoms with E-state index in [4.69, 9.17) is 0 Å². The minimum atomic E-state index is 0. The zero-order chi connectivity index (χ0) is 14.8. The molecule has 1 saturated heterocycles. The Balaban J connectivity index is 0.00000400. The van der Waals surface area contributed by atoms with E-state index < -0.39 is 0 Å². The van der Waals surface area contributed by atoms with Gasteiger partial charge in [-0.3, -0.25) is 4.99 Å². The molecule has 1 heterocycles. The van der Waals surface area contributed by atoms with Gasteiger partial charge in [0.25, 0.3) is 0 Å². The zero-order valence-electron chi connectivity index (χ0n) is 14.3. The lowest BCUT2D eigenvalue weighted by Gasteiger charge is -2.30. The van der Waals surface area contributed by atoms with Crippen molar-refractivity contribution in [2.24, 2.45) is 10.9 Å². The molecule has 0 radical (unpaired) electrons. The van der Waals surface area contributed by atoms with Crippen molar-refractivity contribution < 1.29 is 0 Å². The lowest BCUT2D eigenvalue weighted by Crippen LogP contribution is -2.42. The highest BCUT2D eigenvalue weighted by atomic mass is 127. The number of piperidine rings is 1. The third kappa shape index (κ3) is 9.55. The summed E-state index contributed by atoms with van der Waals surface area (Å²) in [6.45, 7) is 14.4. The summed E-state index contributed by atoms with van der Waals surface area (Å²) in [6, 6.07) is 0.482. The fraction of sp³-hybridized carbons (Fsp3) is 0.938. The molecule has 4 nitrogen and oxygen atoms in total. The van der Waals surface area contributed by atoms with Gasteiger partial charge in [-0.25, -0.2) is 0 Å². The number of nitrogens with zero attached hydrogens (tertiary/aromatic N) is 2. The Labute approximate surface area is 148 Å². The molecule has 126 valence electrons. The summed E-state index contributed by atoms with van der Waals surface area (Å²) in [5.41, 5.74) is 0. The number of likely N-dealkylation sites (tertiary alicyclic amines) is 1. The fourth-order valence-electron chi connectivity index (χ4n) is 2.63. The van der Waals surface area contributed by atoms with Gasteiger partial charge in [0.05, 0.1) is 0 Å². The minimum Gasteiger partial charge on any atom is -0.357 e. The first-order chi connectivity index (χ1) is 9.65. The molecule has 1 fully saturated rings. The molecule has 0 aliphatic carbocycles. The van der Waals surface area contributed by atoms with Crippen molar-refractivity contribution in [2.75, 3.05) is 32.7 Å². The maximum absolute atomic E-state index is 4.67. The molecule has 21 heavy (non-hydrogen) atoms. The van der Waals surface area contributed by atoms with E-state index in [1.807, 2.05) is 0 Å². The maximum atomic E-state index is 4.67. The van der Waals surface area contributed by atoms with Crippen molar-refractivity contribution in [3.8, 4) is 0 Å². The summed E-state index contributed by atoms with van der Waals surface area (Å²) in [4.78, 5) is 7.27. The molecule has 1 aliphatic rings. The molecular formula is C16H35IN4. The maximum Gasteiger partial charge on any atom is 0.191 e. The summed E-state index contributed by atoms with van der Waals surface area (Å²) in [6.07, 6.45) is 5.04. The first-order valence-electron chi connectivity index (χ1n) is 8.42. The second kappa shape index (κ2) is 12.5. The monoisotopic (exact) mass is 410 g/mol. The number of halogens is 1. The smallest absolute Gasteiger partial charge is 0.191 e. The molecule has 0 bridgehead atoms. The Morgan fingerprint density at radius 3 is 2.76 bits per heavy atom. The van der Waals surface area contributed by atoms with Crippen LogP contribution < -0.4 is 10.6 Å². The van der Waals surface area contributed by atoms with Crippen molar-refractivity contribution in [1.29, 1.82) is 0 Å². The van der Waals surface area contributed by atoms with E-state index in [0.717, 1.165) is 37.8 Å². The van der Waals surface area contributed by atoms with Gasteiger partial charge in [-0.1, -0.05) is 13.8 Å². The quantitative estimate of drug-likeness (QED) is 0.293. The molecule has 0 aromatic carbocycles. The average Bonchev–Trinajstić information content (AvgIpc) is 2.43. The molecule has 0 aromatic heterocycles. The molecule has 0 amide bonds. The van der Waals surface area contributed by atoms with Gasteiger partial charge in [0, 0.05) is 25.7 Å². The van der Waals surface area contributed by atoms with Crippen LogP contribution in [0.2, 0.25) is 0 Å². The van der Waals surface area contributed by atoms with Crippen LogP contribution in [0.15, 0.2) is 4.99 Å². The van der Waals surface area contributed by atoms with Gasteiger partial charge >= 0.3 is 0 Å². The van der Waals surface area contributed by atoms with Crippen molar-refractivity contribution >= 4 is 29.9 Å². The van der Waals surface area contributed by atoms with Crippen molar-refractivity contribution in [3.05, 3.63) is 0 Å². The Morgan fingerprint density at radius 1 is 1.38 bits per heavy atom. The molecule has 0 aromatic rings. The molecule has 0 spiro atoms. The first-order valence-corrected chi connectivity index (χ1v) is 8.42. The zero-order valence-corrected chi connectivity index (χ0v) is 16.7. The topological polar surface area (TPSA) is 39.7 Å². The highest BCUT2D eigenvalue weighted by Gasteiger charge is 2.15. The van der Waals surface area contributed by atoms with Gasteiger partial charge in [-0.15, -0.1) is 24.0 Å². The molecule has 1 rings (SSSR count). The third-order valence-corrected chi connectivity index (χ3v) is 3.98. The van der Waals surface area contributed by atoms with E-state index in [1.165, 1.54) is 32.5 Å². The third-order valence-electron chi connectivity index (χ3n) is 3.98. The summed E-state index contributed by atoms with van der Waals surface area (Å²) in [5, 5.41) is 6.76. The van der Waals surface area contributed by atoms with Crippen molar-refractivity contribution in [3.63, 3.8) is 0 Å². The van der Waals surface area contributed by atoms with Gasteiger partial charge in [-0.2, -0.15) is 0 Å². The molecule has 0 saturated carbocycles. The van der Waals surface area contributed by atoms with Crippen LogP contribution in [0.4, 0.5) is 0 Å². The largest absolute Gasteiger partial charge is 0.357 e. The van der Waals surface area contributed by atoms with E-state index >= 15 is 0 Å². The van der Waals surface area contributed by atoms with Gasteiger partial charge in [-0.05, 0) is 58.5 Å². The minimum absolute atomic E-state index is 0. The molecular weight excluding hydrogens is 375 g/mol. The molecule has 5 heteroatoms. The predicted molar refractivity (Wildman–Crippen MR) is 104 cm³/mol. The van der Waals surface area contributed by atoms with Crippen LogP contribution in [-0.2, 0) is 0 Å². The van der Waals surface area contributed by atoms with Crippen LogP contribution in [0.1, 0.15) is 53.4 Å². The first kappa shape index (κ1) is 21.0. The van der Waals surface area contributed by atoms with Gasteiger partial charge in [0.15, 0.2) is 5.96 Å². The van der Waals surface area contributed by atoms with Gasteiger partial charge in [0.1, 0.15) is 0 Å². The summed E-state index contributed by atoms with van der Waals surface area (Å²) in [5.74, 6) is 1.84. The van der Waals surface area contributed by atoms with E-state index in [2.05, 4.69) is 48.2 Å². The second-order valence-corrected chi connectivity index (χ2v) is 6.12. The molecule has 2 N–H and O–H groups in total. The van der Waals surface area contributed by atoms with Crippen molar-refractivity contribution in [2.45, 2.75) is 59.4 Å². The summed E-state index contributed by atoms with van der Waals surface area (Å²) >= 11 is 0. The van der Waals surface area contributed by atoms with E-state index in [-0.39, 0.29) is 24.0 Å². The standard InChI is InChI=1S/C16H34N4.HI/c1-5-15(4)19-16(17-6-2)18-10-8-12-20-11-7-9-14(3)13-20;/h14-15H,5-13H2,1-4H3,(H2,17,18,19);1H. The summed E-state index contributed by atoms with van der Waals surface area (Å²) < 4.78 is 0. The Morgan fingerprint density at radius 2 is 2.14 bits per heavy atom. The second-order valence-electron chi connectivity index (χ2n) is 6.12. The predicted octanol–water partition coefficient (Wildman–Crippen LogP) is 3.08. The van der Waals surface area contributed by atoms with Crippen LogP contribution >= 0.6 is 24.0 Å². The number of guanidine groups is 1. The SMILES string of the molecule is CCNC(=NCCCN1CCCC(C)C1)NC(C)CC.I. The van der Waals surface area contributed by atoms with E-state index in [9.17, 15) is 0 Å². The molecule has 1 aliphatic heterocycles. The lowest BCUT2D eigenvalue weighted by atomic mass is 10.0. The number of nitrogens with one attached hydrogen (secondary N) is 2. The average molecular weight is 410 g/mol. The van der Waals surface area contributed by atoms with Gasteiger partial charge < -0.3 is 15.5 Å². The van der Waals surface area contributed by atoms with Crippen LogP contribution in [-0.4, -0.2) is 49.6 Å². The van der Waals surface area contributed by atoms with Crippen LogP contribution in [0.5, 0.6) is 0 Å². The molecule has 2 atom stereocenters. The van der Waals surface area contributed by atoms with Crippen molar-refractivity contribution in [1.82, 2.24) is 15.5 Å². The summed E-state index contributed by atoms with van der Waals surface area (Å²) in [7, 11) is 0.